The van der Waals surface area contributed by atoms with Crippen LogP contribution in [0, 0.1) is 6.92 Å². The molecule has 1 N–H and O–H groups in total. The van der Waals surface area contributed by atoms with E-state index in [9.17, 15) is 0 Å². The highest BCUT2D eigenvalue weighted by Gasteiger charge is 2.09. The van der Waals surface area contributed by atoms with E-state index >= 15 is 0 Å². The molecule has 3 nitrogen and oxygen atoms in total. The van der Waals surface area contributed by atoms with Crippen LogP contribution >= 0.6 is 22.9 Å². The van der Waals surface area contributed by atoms with Crippen LogP contribution in [0.5, 0.6) is 0 Å². The molecule has 0 aliphatic carbocycles. The summed E-state index contributed by atoms with van der Waals surface area (Å²) in [6, 6.07) is 4.36. The first-order valence-corrected chi connectivity index (χ1v) is 6.21. The van der Waals surface area contributed by atoms with Gasteiger partial charge in [0.05, 0.1) is 6.04 Å². The molecule has 0 amide bonds. The molecule has 0 saturated carbocycles. The summed E-state index contributed by atoms with van der Waals surface area (Å²) in [5.74, 6) is 0.793. The zero-order chi connectivity index (χ0) is 11.5. The largest absolute Gasteiger partial charge is 0.362 e. The summed E-state index contributed by atoms with van der Waals surface area (Å²) < 4.78 is 0. The number of rotatable bonds is 3. The third kappa shape index (κ3) is 2.51. The van der Waals surface area contributed by atoms with Gasteiger partial charge in [0.25, 0.3) is 0 Å². The Labute approximate surface area is 104 Å². The van der Waals surface area contributed by atoms with Crippen molar-refractivity contribution < 1.29 is 0 Å². The van der Waals surface area contributed by atoms with Gasteiger partial charge in [-0.2, -0.15) is 0 Å². The fraction of sp³-hybridized carbons (Fsp3) is 0.273. The average molecular weight is 254 g/mol. The molecule has 1 atom stereocenters. The minimum absolute atomic E-state index is 0.227. The van der Waals surface area contributed by atoms with Crippen LogP contribution in [0.4, 0.5) is 5.82 Å². The third-order valence-corrected chi connectivity index (χ3v) is 3.50. The summed E-state index contributed by atoms with van der Waals surface area (Å²) in [4.78, 5) is 9.37. The molecule has 16 heavy (non-hydrogen) atoms. The molecular weight excluding hydrogens is 242 g/mol. The van der Waals surface area contributed by atoms with E-state index in [2.05, 4.69) is 33.7 Å². The molecule has 0 aromatic carbocycles. The van der Waals surface area contributed by atoms with Crippen molar-refractivity contribution in [3.8, 4) is 0 Å². The summed E-state index contributed by atoms with van der Waals surface area (Å²) >= 11 is 7.49. The number of anilines is 1. The Morgan fingerprint density at radius 2 is 2.31 bits per heavy atom. The van der Waals surface area contributed by atoms with Gasteiger partial charge < -0.3 is 5.32 Å². The van der Waals surface area contributed by atoms with Gasteiger partial charge in [0, 0.05) is 16.6 Å². The van der Waals surface area contributed by atoms with E-state index in [0.717, 1.165) is 11.4 Å². The molecule has 0 aliphatic heterocycles. The van der Waals surface area contributed by atoms with E-state index < -0.39 is 0 Å². The highest BCUT2D eigenvalue weighted by molar-refractivity contribution is 7.10. The average Bonchev–Trinajstić information content (AvgIpc) is 2.76. The van der Waals surface area contributed by atoms with E-state index in [1.54, 1.807) is 17.5 Å². The van der Waals surface area contributed by atoms with Crippen LogP contribution in [0.1, 0.15) is 23.4 Å². The summed E-state index contributed by atoms with van der Waals surface area (Å²) in [5.41, 5.74) is 0.993. The van der Waals surface area contributed by atoms with Crippen molar-refractivity contribution >= 4 is 28.8 Å². The van der Waals surface area contributed by atoms with Crippen molar-refractivity contribution in [1.82, 2.24) is 9.97 Å². The second-order valence-corrected chi connectivity index (χ2v) is 4.87. The van der Waals surface area contributed by atoms with Crippen LogP contribution < -0.4 is 5.32 Å². The first-order chi connectivity index (χ1) is 7.66. The van der Waals surface area contributed by atoms with Crippen molar-refractivity contribution in [3.63, 3.8) is 0 Å². The Balaban J connectivity index is 2.17. The molecule has 1 unspecified atom stereocenters. The maximum Gasteiger partial charge on any atom is 0.224 e. The molecular formula is C11H12ClN3S. The lowest BCUT2D eigenvalue weighted by molar-refractivity contribution is 0.888. The minimum Gasteiger partial charge on any atom is -0.362 e. The monoisotopic (exact) mass is 253 g/mol. The van der Waals surface area contributed by atoms with Gasteiger partial charge in [-0.1, -0.05) is 6.07 Å². The lowest BCUT2D eigenvalue weighted by Gasteiger charge is -2.14. The highest BCUT2D eigenvalue weighted by atomic mass is 35.5. The van der Waals surface area contributed by atoms with Gasteiger partial charge in [0.2, 0.25) is 5.28 Å². The van der Waals surface area contributed by atoms with Gasteiger partial charge >= 0.3 is 0 Å². The normalized spacial score (nSPS) is 12.4. The van der Waals surface area contributed by atoms with Crippen LogP contribution in [-0.4, -0.2) is 9.97 Å². The van der Waals surface area contributed by atoms with Crippen LogP contribution in [0.25, 0.3) is 0 Å². The van der Waals surface area contributed by atoms with Crippen molar-refractivity contribution in [2.75, 3.05) is 5.32 Å². The molecule has 84 valence electrons. The molecule has 0 spiro atoms. The Hall–Kier alpha value is -1.13. The topological polar surface area (TPSA) is 37.8 Å². The molecule has 0 bridgehead atoms. The molecule has 0 saturated heterocycles. The Morgan fingerprint density at radius 1 is 1.50 bits per heavy atom. The SMILES string of the molecule is Cc1cnc(Cl)nc1NC(C)c1cccs1. The number of aromatic nitrogens is 2. The number of hydrogen-bond donors (Lipinski definition) is 1. The zero-order valence-corrected chi connectivity index (χ0v) is 10.6. The number of aryl methyl sites for hydroxylation is 1. The highest BCUT2D eigenvalue weighted by Crippen LogP contribution is 2.23. The molecule has 0 radical (unpaired) electrons. The van der Waals surface area contributed by atoms with E-state index in [-0.39, 0.29) is 11.3 Å². The second-order valence-electron chi connectivity index (χ2n) is 3.55. The molecule has 2 rings (SSSR count). The van der Waals surface area contributed by atoms with Crippen LogP contribution in [0.3, 0.4) is 0 Å². The van der Waals surface area contributed by atoms with Crippen molar-refractivity contribution in [2.45, 2.75) is 19.9 Å². The number of nitrogens with zero attached hydrogens (tertiary/aromatic N) is 2. The van der Waals surface area contributed by atoms with Crippen LogP contribution in [-0.2, 0) is 0 Å². The fourth-order valence-corrected chi connectivity index (χ4v) is 2.25. The van der Waals surface area contributed by atoms with Gasteiger partial charge in [-0.15, -0.1) is 11.3 Å². The van der Waals surface area contributed by atoms with E-state index in [1.165, 1.54) is 4.88 Å². The molecule has 0 fully saturated rings. The summed E-state index contributed by atoms with van der Waals surface area (Å²) in [5, 5.41) is 5.66. The number of nitrogens with one attached hydrogen (secondary N) is 1. The Morgan fingerprint density at radius 3 is 3.00 bits per heavy atom. The van der Waals surface area contributed by atoms with Crippen molar-refractivity contribution in [2.24, 2.45) is 0 Å². The quantitative estimate of drug-likeness (QED) is 0.848. The van der Waals surface area contributed by atoms with Crippen LogP contribution in [0.2, 0.25) is 5.28 Å². The Bertz CT molecular complexity index is 470. The number of hydrogen-bond acceptors (Lipinski definition) is 4. The van der Waals surface area contributed by atoms with E-state index in [4.69, 9.17) is 11.6 Å². The first-order valence-electron chi connectivity index (χ1n) is 4.96. The van der Waals surface area contributed by atoms with Crippen LogP contribution in [0.15, 0.2) is 23.7 Å². The molecule has 2 aromatic rings. The standard InChI is InChI=1S/C11H12ClN3S/c1-7-6-13-11(12)15-10(7)14-8(2)9-4-3-5-16-9/h3-6,8H,1-2H3,(H,13,14,15). The zero-order valence-electron chi connectivity index (χ0n) is 9.07. The second kappa shape index (κ2) is 4.80. The van der Waals surface area contributed by atoms with Gasteiger partial charge in [0.1, 0.15) is 5.82 Å². The van der Waals surface area contributed by atoms with Crippen molar-refractivity contribution in [1.29, 1.82) is 0 Å². The lowest BCUT2D eigenvalue weighted by atomic mass is 10.2. The van der Waals surface area contributed by atoms with Gasteiger partial charge in [-0.05, 0) is 36.9 Å². The molecule has 2 aromatic heterocycles. The van der Waals surface area contributed by atoms with E-state index in [0.29, 0.717) is 0 Å². The maximum absolute atomic E-state index is 5.77. The van der Waals surface area contributed by atoms with Gasteiger partial charge in [-0.3, -0.25) is 0 Å². The summed E-state index contributed by atoms with van der Waals surface area (Å²) in [6.45, 7) is 4.06. The van der Waals surface area contributed by atoms with Gasteiger partial charge in [-0.25, -0.2) is 9.97 Å². The van der Waals surface area contributed by atoms with E-state index in [1.807, 2.05) is 13.0 Å². The maximum atomic E-state index is 5.77. The number of halogens is 1. The Kier molecular flexibility index (Phi) is 3.41. The molecule has 5 heteroatoms. The predicted octanol–water partition coefficient (Wildman–Crippen LogP) is 3.67. The minimum atomic E-state index is 0.227. The summed E-state index contributed by atoms with van der Waals surface area (Å²) in [6.07, 6.45) is 1.72. The first kappa shape index (κ1) is 11.4. The predicted molar refractivity (Wildman–Crippen MR) is 68.1 cm³/mol. The van der Waals surface area contributed by atoms with Gasteiger partial charge in [0.15, 0.2) is 0 Å². The van der Waals surface area contributed by atoms with Crippen molar-refractivity contribution in [3.05, 3.63) is 39.4 Å². The smallest absolute Gasteiger partial charge is 0.224 e. The molecule has 2 heterocycles. The lowest BCUT2D eigenvalue weighted by Crippen LogP contribution is -2.08. The fourth-order valence-electron chi connectivity index (χ4n) is 1.38. The summed E-state index contributed by atoms with van der Waals surface area (Å²) in [7, 11) is 0. The molecule has 0 aliphatic rings. The number of thiophene rings is 1. The third-order valence-electron chi connectivity index (χ3n) is 2.27.